The Hall–Kier alpha value is -4.00. The van der Waals surface area contributed by atoms with Crippen molar-refractivity contribution in [3.63, 3.8) is 0 Å². The molecular formula is C25H26N4O3. The number of rotatable bonds is 7. The Kier molecular flexibility index (Phi) is 5.98. The molecule has 2 aromatic heterocycles. The molecule has 1 N–H and O–H groups in total. The van der Waals surface area contributed by atoms with Gasteiger partial charge in [-0.25, -0.2) is 4.98 Å². The zero-order valence-electron chi connectivity index (χ0n) is 18.6. The van der Waals surface area contributed by atoms with E-state index in [1.807, 2.05) is 86.3 Å². The monoisotopic (exact) mass is 430 g/mol. The van der Waals surface area contributed by atoms with Crippen LogP contribution in [0.15, 0.2) is 67.0 Å². The van der Waals surface area contributed by atoms with Crippen molar-refractivity contribution in [1.29, 1.82) is 0 Å². The Morgan fingerprint density at radius 2 is 1.72 bits per heavy atom. The Labute approximate surface area is 187 Å². The zero-order valence-corrected chi connectivity index (χ0v) is 18.6. The fraction of sp³-hybridized carbons (Fsp3) is 0.200. The standard InChI is InChI=1S/C25H26N4O3/c1-17-15-23(18(2)29(17)20-7-11-21(31-4)12-8-20)25(30)27-19-5-9-22(10-6-19)32-16-24-26-13-14-28(24)3/h5-15H,16H2,1-4H3,(H,27,30). The van der Waals surface area contributed by atoms with Crippen molar-refractivity contribution in [2.75, 3.05) is 12.4 Å². The van der Waals surface area contributed by atoms with Gasteiger partial charge in [0.15, 0.2) is 0 Å². The van der Waals surface area contributed by atoms with Gasteiger partial charge in [-0.05, 0) is 68.4 Å². The van der Waals surface area contributed by atoms with E-state index in [-0.39, 0.29) is 5.91 Å². The van der Waals surface area contributed by atoms with E-state index in [1.165, 1.54) is 0 Å². The van der Waals surface area contributed by atoms with E-state index in [2.05, 4.69) is 14.9 Å². The summed E-state index contributed by atoms with van der Waals surface area (Å²) in [6.45, 7) is 4.31. The molecule has 0 atom stereocenters. The summed E-state index contributed by atoms with van der Waals surface area (Å²) >= 11 is 0. The lowest BCUT2D eigenvalue weighted by Gasteiger charge is -2.11. The predicted octanol–water partition coefficient (Wildman–Crippen LogP) is 4.67. The van der Waals surface area contributed by atoms with E-state index in [1.54, 1.807) is 13.3 Å². The normalized spacial score (nSPS) is 10.8. The molecule has 4 rings (SSSR count). The summed E-state index contributed by atoms with van der Waals surface area (Å²) in [5.41, 5.74) is 4.17. The number of methoxy groups -OCH3 is 1. The van der Waals surface area contributed by atoms with Crippen LogP contribution in [-0.2, 0) is 13.7 Å². The maximum Gasteiger partial charge on any atom is 0.257 e. The molecule has 2 aromatic carbocycles. The van der Waals surface area contributed by atoms with Crippen LogP contribution in [-0.4, -0.2) is 27.1 Å². The number of aromatic nitrogens is 3. The number of hydrogen-bond acceptors (Lipinski definition) is 4. The minimum Gasteiger partial charge on any atom is -0.497 e. The van der Waals surface area contributed by atoms with Gasteiger partial charge >= 0.3 is 0 Å². The maximum absolute atomic E-state index is 12.9. The molecule has 4 aromatic rings. The summed E-state index contributed by atoms with van der Waals surface area (Å²) in [6.07, 6.45) is 3.62. The molecule has 0 unspecified atom stereocenters. The van der Waals surface area contributed by atoms with Crippen molar-refractivity contribution < 1.29 is 14.3 Å². The Bertz CT molecular complexity index is 1220. The van der Waals surface area contributed by atoms with Crippen LogP contribution in [0.4, 0.5) is 5.69 Å². The number of carbonyl (C=O) groups is 1. The topological polar surface area (TPSA) is 70.3 Å². The minimum atomic E-state index is -0.153. The quantitative estimate of drug-likeness (QED) is 0.463. The molecule has 0 spiro atoms. The van der Waals surface area contributed by atoms with Crippen molar-refractivity contribution in [2.24, 2.45) is 7.05 Å². The van der Waals surface area contributed by atoms with E-state index in [0.717, 1.165) is 28.6 Å². The lowest BCUT2D eigenvalue weighted by molar-refractivity contribution is 0.102. The highest BCUT2D eigenvalue weighted by atomic mass is 16.5. The SMILES string of the molecule is COc1ccc(-n2c(C)cc(C(=O)Nc3ccc(OCc4nccn4C)cc3)c2C)cc1. The molecule has 0 aliphatic carbocycles. The highest BCUT2D eigenvalue weighted by molar-refractivity contribution is 6.05. The Morgan fingerprint density at radius 1 is 1.03 bits per heavy atom. The predicted molar refractivity (Wildman–Crippen MR) is 124 cm³/mol. The number of benzene rings is 2. The number of nitrogens with one attached hydrogen (secondary N) is 1. The molecule has 2 heterocycles. The number of anilines is 1. The van der Waals surface area contributed by atoms with Crippen LogP contribution in [0.25, 0.3) is 5.69 Å². The minimum absolute atomic E-state index is 0.153. The second kappa shape index (κ2) is 9.01. The third-order valence-corrected chi connectivity index (χ3v) is 5.41. The van der Waals surface area contributed by atoms with E-state index in [0.29, 0.717) is 23.6 Å². The Balaban J connectivity index is 1.45. The van der Waals surface area contributed by atoms with Gasteiger partial charge in [0.2, 0.25) is 0 Å². The van der Waals surface area contributed by atoms with Gasteiger partial charge < -0.3 is 23.9 Å². The lowest BCUT2D eigenvalue weighted by Crippen LogP contribution is -2.13. The summed E-state index contributed by atoms with van der Waals surface area (Å²) in [4.78, 5) is 17.2. The summed E-state index contributed by atoms with van der Waals surface area (Å²) in [5, 5.41) is 2.97. The number of hydrogen-bond donors (Lipinski definition) is 1. The number of imidazole rings is 1. The number of aryl methyl sites for hydroxylation is 2. The van der Waals surface area contributed by atoms with Crippen molar-refractivity contribution in [2.45, 2.75) is 20.5 Å². The van der Waals surface area contributed by atoms with Crippen LogP contribution in [0, 0.1) is 13.8 Å². The van der Waals surface area contributed by atoms with Crippen LogP contribution in [0.5, 0.6) is 11.5 Å². The molecule has 1 amide bonds. The summed E-state index contributed by atoms with van der Waals surface area (Å²) in [5.74, 6) is 2.19. The number of ether oxygens (including phenoxy) is 2. The van der Waals surface area contributed by atoms with Crippen LogP contribution in [0.2, 0.25) is 0 Å². The third kappa shape index (κ3) is 4.37. The first kappa shape index (κ1) is 21.2. The summed E-state index contributed by atoms with van der Waals surface area (Å²) in [6, 6.07) is 17.0. The molecule has 0 bridgehead atoms. The zero-order chi connectivity index (χ0) is 22.7. The van der Waals surface area contributed by atoms with Gasteiger partial charge in [-0.1, -0.05) is 0 Å². The average Bonchev–Trinajstić information content (AvgIpc) is 3.35. The van der Waals surface area contributed by atoms with Gasteiger partial charge in [0, 0.05) is 42.2 Å². The van der Waals surface area contributed by atoms with Crippen molar-refractivity contribution in [3.8, 4) is 17.2 Å². The second-order valence-corrected chi connectivity index (χ2v) is 7.54. The fourth-order valence-electron chi connectivity index (χ4n) is 3.64. The van der Waals surface area contributed by atoms with Crippen molar-refractivity contribution >= 4 is 11.6 Å². The largest absolute Gasteiger partial charge is 0.497 e. The van der Waals surface area contributed by atoms with Gasteiger partial charge in [0.05, 0.1) is 12.7 Å². The van der Waals surface area contributed by atoms with Crippen LogP contribution in [0.1, 0.15) is 27.6 Å². The van der Waals surface area contributed by atoms with Gasteiger partial charge in [-0.15, -0.1) is 0 Å². The van der Waals surface area contributed by atoms with Gasteiger partial charge in [-0.3, -0.25) is 4.79 Å². The molecule has 0 aliphatic heterocycles. The first-order valence-corrected chi connectivity index (χ1v) is 10.3. The van der Waals surface area contributed by atoms with Crippen molar-refractivity contribution in [3.05, 3.63) is 89.8 Å². The summed E-state index contributed by atoms with van der Waals surface area (Å²) < 4.78 is 15.0. The van der Waals surface area contributed by atoms with Gasteiger partial charge in [-0.2, -0.15) is 0 Å². The summed E-state index contributed by atoms with van der Waals surface area (Å²) in [7, 11) is 3.57. The molecule has 32 heavy (non-hydrogen) atoms. The third-order valence-electron chi connectivity index (χ3n) is 5.41. The van der Waals surface area contributed by atoms with E-state index in [4.69, 9.17) is 9.47 Å². The Morgan fingerprint density at radius 3 is 2.34 bits per heavy atom. The highest BCUT2D eigenvalue weighted by Gasteiger charge is 2.17. The molecule has 0 saturated carbocycles. The van der Waals surface area contributed by atoms with E-state index >= 15 is 0 Å². The first-order valence-electron chi connectivity index (χ1n) is 10.3. The van der Waals surface area contributed by atoms with E-state index < -0.39 is 0 Å². The molecular weight excluding hydrogens is 404 g/mol. The van der Waals surface area contributed by atoms with Crippen molar-refractivity contribution in [1.82, 2.24) is 14.1 Å². The van der Waals surface area contributed by atoms with Crippen LogP contribution in [0.3, 0.4) is 0 Å². The number of nitrogens with zero attached hydrogens (tertiary/aromatic N) is 3. The number of amides is 1. The molecule has 7 nitrogen and oxygen atoms in total. The smallest absolute Gasteiger partial charge is 0.257 e. The van der Waals surface area contributed by atoms with E-state index in [9.17, 15) is 4.79 Å². The molecule has 7 heteroatoms. The van der Waals surface area contributed by atoms with Gasteiger partial charge in [0.1, 0.15) is 23.9 Å². The van der Waals surface area contributed by atoms with Gasteiger partial charge in [0.25, 0.3) is 5.91 Å². The second-order valence-electron chi connectivity index (χ2n) is 7.54. The number of carbonyl (C=O) groups excluding carboxylic acids is 1. The lowest BCUT2D eigenvalue weighted by atomic mass is 10.2. The molecule has 0 radical (unpaired) electrons. The molecule has 0 aliphatic rings. The van der Waals surface area contributed by atoms with Crippen LogP contribution < -0.4 is 14.8 Å². The molecule has 164 valence electrons. The molecule has 0 saturated heterocycles. The molecule has 0 fully saturated rings. The first-order chi connectivity index (χ1) is 15.5. The maximum atomic E-state index is 12.9. The fourth-order valence-corrected chi connectivity index (χ4v) is 3.64. The highest BCUT2D eigenvalue weighted by Crippen LogP contribution is 2.24. The average molecular weight is 431 g/mol. The van der Waals surface area contributed by atoms with Crippen LogP contribution >= 0.6 is 0 Å².